The summed E-state index contributed by atoms with van der Waals surface area (Å²) in [4.78, 5) is 17.2. The summed E-state index contributed by atoms with van der Waals surface area (Å²) in [6.45, 7) is 0. The Morgan fingerprint density at radius 2 is 1.59 bits per heavy atom. The van der Waals surface area contributed by atoms with Crippen molar-refractivity contribution in [1.29, 1.82) is 0 Å². The molecular formula is C22H23BrF3NO2. The van der Waals surface area contributed by atoms with Crippen LogP contribution in [0, 0.1) is 23.7 Å². The fourth-order valence-electron chi connectivity index (χ4n) is 6.41. The Kier molecular flexibility index (Phi) is 4.61. The lowest BCUT2D eigenvalue weighted by Gasteiger charge is -2.55. The van der Waals surface area contributed by atoms with Crippen LogP contribution in [0.15, 0.2) is 33.7 Å². The van der Waals surface area contributed by atoms with E-state index in [-0.39, 0.29) is 6.42 Å². The third-order valence-electron chi connectivity index (χ3n) is 7.23. The Morgan fingerprint density at radius 3 is 2.10 bits per heavy atom. The van der Waals surface area contributed by atoms with Crippen LogP contribution in [0.4, 0.5) is 13.2 Å². The van der Waals surface area contributed by atoms with Crippen LogP contribution in [-0.2, 0) is 9.53 Å². The lowest BCUT2D eigenvalue weighted by atomic mass is 9.54. The van der Waals surface area contributed by atoms with Gasteiger partial charge in [-0.2, -0.15) is 13.2 Å². The van der Waals surface area contributed by atoms with Gasteiger partial charge in [0, 0.05) is 16.6 Å². The molecule has 7 heteroatoms. The van der Waals surface area contributed by atoms with E-state index in [0.29, 0.717) is 29.0 Å². The van der Waals surface area contributed by atoms with Crippen LogP contribution < -0.4 is 0 Å². The standard InChI is InChI=1S/C22H23BrF3NO2/c23-16-3-1-15(2-4-16)18-8-17(22(24,25)26)19(27-18)20(28)29-21-9-12-5-13(10-21)7-14(6-12)11-21/h1-4,12-14,17,19H,5-11H2/t12?,13?,14?,17-,19-,21?/m1/s1. The summed E-state index contributed by atoms with van der Waals surface area (Å²) in [5.74, 6) is -0.947. The zero-order chi connectivity index (χ0) is 20.4. The molecule has 6 rings (SSSR count). The van der Waals surface area contributed by atoms with Crippen molar-refractivity contribution in [2.24, 2.45) is 28.7 Å². The fraction of sp³-hybridized carbons (Fsp3) is 0.636. The second-order valence-corrected chi connectivity index (χ2v) is 10.3. The number of halogens is 4. The van der Waals surface area contributed by atoms with Crippen LogP contribution in [0.25, 0.3) is 0 Å². The van der Waals surface area contributed by atoms with Crippen molar-refractivity contribution in [2.45, 2.75) is 62.8 Å². The number of nitrogens with zero attached hydrogens (tertiary/aromatic N) is 1. The first-order valence-corrected chi connectivity index (χ1v) is 11.1. The second-order valence-electron chi connectivity index (χ2n) is 9.40. The predicted molar refractivity (Wildman–Crippen MR) is 106 cm³/mol. The van der Waals surface area contributed by atoms with E-state index in [4.69, 9.17) is 4.74 Å². The first-order valence-electron chi connectivity index (χ1n) is 10.3. The van der Waals surface area contributed by atoms with E-state index in [1.54, 1.807) is 24.3 Å². The summed E-state index contributed by atoms with van der Waals surface area (Å²) in [6, 6.07) is 5.48. The topological polar surface area (TPSA) is 38.7 Å². The van der Waals surface area contributed by atoms with Gasteiger partial charge in [0.05, 0.1) is 5.92 Å². The summed E-state index contributed by atoms with van der Waals surface area (Å²) < 4.78 is 47.9. The minimum atomic E-state index is -4.49. The number of aliphatic imine (C=N–C) groups is 1. The average Bonchev–Trinajstić information content (AvgIpc) is 3.07. The van der Waals surface area contributed by atoms with Crippen molar-refractivity contribution < 1.29 is 22.7 Å². The van der Waals surface area contributed by atoms with Gasteiger partial charge in [0.15, 0.2) is 6.04 Å². The maximum Gasteiger partial charge on any atom is 0.394 e. The SMILES string of the molecule is O=C(OC12CC3CC(CC(C3)C1)C2)[C@@H]1N=C(c2ccc(Br)cc2)C[C@H]1C(F)(F)F. The monoisotopic (exact) mass is 469 g/mol. The molecule has 1 aromatic rings. The highest BCUT2D eigenvalue weighted by molar-refractivity contribution is 9.10. The molecule has 4 bridgehead atoms. The van der Waals surface area contributed by atoms with E-state index in [1.807, 2.05) is 0 Å². The normalized spacial score (nSPS) is 38.2. The summed E-state index contributed by atoms with van der Waals surface area (Å²) in [7, 11) is 0. The highest BCUT2D eigenvalue weighted by Crippen LogP contribution is 2.57. The van der Waals surface area contributed by atoms with E-state index in [0.717, 1.165) is 23.7 Å². The Bertz CT molecular complexity index is 813. The zero-order valence-electron chi connectivity index (χ0n) is 15.9. The molecule has 0 N–H and O–H groups in total. The van der Waals surface area contributed by atoms with Crippen molar-refractivity contribution in [1.82, 2.24) is 0 Å². The molecule has 0 unspecified atom stereocenters. The maximum absolute atomic E-state index is 13.7. The molecule has 156 valence electrons. The largest absolute Gasteiger partial charge is 0.457 e. The van der Waals surface area contributed by atoms with Gasteiger partial charge < -0.3 is 4.74 Å². The summed E-state index contributed by atoms with van der Waals surface area (Å²) in [5, 5.41) is 0. The number of esters is 1. The summed E-state index contributed by atoms with van der Waals surface area (Å²) >= 11 is 3.33. The molecule has 1 aliphatic heterocycles. The highest BCUT2D eigenvalue weighted by atomic mass is 79.9. The fourth-order valence-corrected chi connectivity index (χ4v) is 6.67. The maximum atomic E-state index is 13.7. The number of carbonyl (C=O) groups is 1. The summed E-state index contributed by atoms with van der Waals surface area (Å²) in [5.41, 5.74) is 0.387. The molecule has 1 heterocycles. The second kappa shape index (κ2) is 6.82. The number of hydrogen-bond acceptors (Lipinski definition) is 3. The number of rotatable bonds is 3. The molecule has 3 nitrogen and oxygen atoms in total. The molecular weight excluding hydrogens is 447 g/mol. The lowest BCUT2D eigenvalue weighted by Crippen LogP contribution is -2.54. The van der Waals surface area contributed by atoms with Gasteiger partial charge >= 0.3 is 12.1 Å². The van der Waals surface area contributed by atoms with Crippen LogP contribution in [0.3, 0.4) is 0 Å². The Hall–Kier alpha value is -1.37. The van der Waals surface area contributed by atoms with E-state index >= 15 is 0 Å². The molecule has 0 amide bonds. The van der Waals surface area contributed by atoms with Crippen LogP contribution >= 0.6 is 15.9 Å². The molecule has 4 aliphatic carbocycles. The first-order chi connectivity index (χ1) is 13.7. The third-order valence-corrected chi connectivity index (χ3v) is 7.76. The van der Waals surface area contributed by atoms with Crippen LogP contribution in [-0.4, -0.2) is 29.5 Å². The molecule has 1 aromatic carbocycles. The van der Waals surface area contributed by atoms with Crippen LogP contribution in [0.1, 0.15) is 50.5 Å². The van der Waals surface area contributed by atoms with Crippen molar-refractivity contribution >= 4 is 27.6 Å². The molecule has 4 fully saturated rings. The summed E-state index contributed by atoms with van der Waals surface area (Å²) in [6.07, 6.45) is 1.16. The number of alkyl halides is 3. The molecule has 5 aliphatic rings. The minimum absolute atomic E-state index is 0.286. The molecule has 29 heavy (non-hydrogen) atoms. The van der Waals surface area contributed by atoms with E-state index in [2.05, 4.69) is 20.9 Å². The quantitative estimate of drug-likeness (QED) is 0.532. The van der Waals surface area contributed by atoms with E-state index in [1.165, 1.54) is 19.3 Å². The van der Waals surface area contributed by atoms with Gasteiger partial charge in [-0.05, 0) is 74.0 Å². The van der Waals surface area contributed by atoms with Crippen LogP contribution in [0.5, 0.6) is 0 Å². The molecule has 0 saturated heterocycles. The zero-order valence-corrected chi connectivity index (χ0v) is 17.5. The molecule has 0 spiro atoms. The smallest absolute Gasteiger partial charge is 0.394 e. The highest BCUT2D eigenvalue weighted by Gasteiger charge is 2.56. The van der Waals surface area contributed by atoms with Crippen molar-refractivity contribution in [3.63, 3.8) is 0 Å². The van der Waals surface area contributed by atoms with Gasteiger partial charge in [-0.15, -0.1) is 0 Å². The predicted octanol–water partition coefficient (Wildman–Crippen LogP) is 5.70. The van der Waals surface area contributed by atoms with Gasteiger partial charge in [-0.25, -0.2) is 4.79 Å². The van der Waals surface area contributed by atoms with Gasteiger partial charge in [0.1, 0.15) is 5.60 Å². The lowest BCUT2D eigenvalue weighted by molar-refractivity contribution is -0.203. The molecule has 0 radical (unpaired) electrons. The molecule has 4 saturated carbocycles. The van der Waals surface area contributed by atoms with Gasteiger partial charge in [0.2, 0.25) is 0 Å². The third kappa shape index (κ3) is 3.64. The number of hydrogen-bond donors (Lipinski definition) is 0. The Labute approximate surface area is 176 Å². The number of ether oxygens (including phenoxy) is 1. The van der Waals surface area contributed by atoms with E-state index < -0.39 is 29.7 Å². The first kappa shape index (κ1) is 19.6. The van der Waals surface area contributed by atoms with Gasteiger partial charge in [-0.3, -0.25) is 4.99 Å². The number of benzene rings is 1. The average molecular weight is 470 g/mol. The Balaban J connectivity index is 1.39. The minimum Gasteiger partial charge on any atom is -0.457 e. The Morgan fingerprint density at radius 1 is 1.03 bits per heavy atom. The van der Waals surface area contributed by atoms with E-state index in [9.17, 15) is 18.0 Å². The van der Waals surface area contributed by atoms with Crippen molar-refractivity contribution in [3.05, 3.63) is 34.3 Å². The van der Waals surface area contributed by atoms with Crippen molar-refractivity contribution in [3.8, 4) is 0 Å². The van der Waals surface area contributed by atoms with Crippen LogP contribution in [0.2, 0.25) is 0 Å². The van der Waals surface area contributed by atoms with Crippen molar-refractivity contribution in [2.75, 3.05) is 0 Å². The number of carbonyl (C=O) groups excluding carboxylic acids is 1. The molecule has 0 aromatic heterocycles. The van der Waals surface area contributed by atoms with Gasteiger partial charge in [0.25, 0.3) is 0 Å². The molecule has 2 atom stereocenters. The van der Waals surface area contributed by atoms with Gasteiger partial charge in [-0.1, -0.05) is 28.1 Å².